The molecule has 1 aromatic heterocycles. The Morgan fingerprint density at radius 3 is 2.72 bits per heavy atom. The zero-order valence-corrected chi connectivity index (χ0v) is 21.7. The van der Waals surface area contributed by atoms with Crippen LogP contribution >= 0.6 is 11.8 Å². The van der Waals surface area contributed by atoms with Crippen LogP contribution in [0.25, 0.3) is 0 Å². The summed E-state index contributed by atoms with van der Waals surface area (Å²) in [6.45, 7) is 6.75. The standard InChI is InChI=1S/C27H30N4O4S/c1-17-7-8-22(18(2)12-17)25-24(26(33)35-11-10-34-4)19(3)30-27-31(25)21(16-36-27)13-23(32)29-15-20-6-5-9-28-14-20/h5-9,12,14,16,25H,10-11,13,15H2,1-4H3,(H,29,32)/t25-/m1/s1. The number of amidine groups is 1. The second-order valence-electron chi connectivity index (χ2n) is 8.70. The second kappa shape index (κ2) is 11.5. The fraction of sp³-hybridized carbons (Fsp3) is 0.333. The molecule has 8 nitrogen and oxygen atoms in total. The van der Waals surface area contributed by atoms with Crippen LogP contribution in [0, 0.1) is 13.8 Å². The van der Waals surface area contributed by atoms with Crippen molar-refractivity contribution in [2.75, 3.05) is 20.3 Å². The summed E-state index contributed by atoms with van der Waals surface area (Å²) >= 11 is 1.45. The Kier molecular flexibility index (Phi) is 8.22. The number of carbonyl (C=O) groups is 2. The fourth-order valence-electron chi connectivity index (χ4n) is 4.28. The number of aromatic nitrogens is 1. The van der Waals surface area contributed by atoms with Gasteiger partial charge in [-0.05, 0) is 48.9 Å². The average molecular weight is 507 g/mol. The summed E-state index contributed by atoms with van der Waals surface area (Å²) < 4.78 is 10.6. The molecule has 2 aliphatic rings. The molecule has 9 heteroatoms. The molecule has 0 radical (unpaired) electrons. The zero-order chi connectivity index (χ0) is 25.7. The molecule has 188 valence electrons. The van der Waals surface area contributed by atoms with Gasteiger partial charge in [-0.15, -0.1) is 0 Å². The van der Waals surface area contributed by atoms with Crippen LogP contribution in [0.15, 0.2) is 70.1 Å². The summed E-state index contributed by atoms with van der Waals surface area (Å²) in [4.78, 5) is 37.0. The summed E-state index contributed by atoms with van der Waals surface area (Å²) in [6, 6.07) is 9.46. The summed E-state index contributed by atoms with van der Waals surface area (Å²) in [5.41, 5.74) is 5.93. The number of esters is 1. The first-order valence-corrected chi connectivity index (χ1v) is 12.6. The number of pyridine rings is 1. The van der Waals surface area contributed by atoms with E-state index in [0.717, 1.165) is 33.1 Å². The van der Waals surface area contributed by atoms with Crippen molar-refractivity contribution in [1.82, 2.24) is 15.2 Å². The number of fused-ring (bicyclic) bond motifs is 1. The van der Waals surface area contributed by atoms with E-state index in [0.29, 0.717) is 24.4 Å². The molecule has 0 saturated heterocycles. The number of ether oxygens (including phenoxy) is 2. The molecule has 1 N–H and O–H groups in total. The van der Waals surface area contributed by atoms with E-state index in [2.05, 4.69) is 16.4 Å². The van der Waals surface area contributed by atoms with E-state index in [4.69, 9.17) is 14.5 Å². The van der Waals surface area contributed by atoms with Crippen LogP contribution in [-0.2, 0) is 25.6 Å². The highest BCUT2D eigenvalue weighted by molar-refractivity contribution is 8.16. The highest BCUT2D eigenvalue weighted by atomic mass is 32.2. The minimum Gasteiger partial charge on any atom is -0.460 e. The maximum atomic E-state index is 13.3. The first kappa shape index (κ1) is 25.7. The van der Waals surface area contributed by atoms with Gasteiger partial charge in [-0.3, -0.25) is 9.78 Å². The van der Waals surface area contributed by atoms with Crippen LogP contribution in [0.5, 0.6) is 0 Å². The highest BCUT2D eigenvalue weighted by Gasteiger charge is 2.41. The SMILES string of the molecule is COCCOC(=O)C1=C(C)N=C2SC=C(CC(=O)NCc3cccnc3)N2[C@@H]1c1ccc(C)cc1C. The molecular formula is C27H30N4O4S. The van der Waals surface area contributed by atoms with Gasteiger partial charge in [0.1, 0.15) is 6.61 Å². The number of aryl methyl sites for hydroxylation is 2. The van der Waals surface area contributed by atoms with E-state index in [-0.39, 0.29) is 18.9 Å². The minimum atomic E-state index is -0.458. The van der Waals surface area contributed by atoms with Gasteiger partial charge in [0.15, 0.2) is 5.17 Å². The van der Waals surface area contributed by atoms with Crippen LogP contribution in [0.3, 0.4) is 0 Å². The lowest BCUT2D eigenvalue weighted by Crippen LogP contribution is -2.38. The molecule has 0 spiro atoms. The molecule has 1 aromatic carbocycles. The summed E-state index contributed by atoms with van der Waals surface area (Å²) in [5.74, 6) is -0.559. The maximum Gasteiger partial charge on any atom is 0.338 e. The van der Waals surface area contributed by atoms with Gasteiger partial charge in [0.25, 0.3) is 0 Å². The lowest BCUT2D eigenvalue weighted by Gasteiger charge is -2.37. The van der Waals surface area contributed by atoms with E-state index >= 15 is 0 Å². The van der Waals surface area contributed by atoms with E-state index in [9.17, 15) is 9.59 Å². The molecule has 0 unspecified atom stereocenters. The zero-order valence-electron chi connectivity index (χ0n) is 20.9. The lowest BCUT2D eigenvalue weighted by atomic mass is 9.90. The van der Waals surface area contributed by atoms with Gasteiger partial charge in [0.2, 0.25) is 5.91 Å². The Balaban J connectivity index is 1.62. The summed E-state index contributed by atoms with van der Waals surface area (Å²) in [6.07, 6.45) is 3.58. The molecule has 1 atom stereocenters. The number of benzene rings is 1. The third-order valence-corrected chi connectivity index (χ3v) is 6.90. The molecule has 0 saturated carbocycles. The molecule has 0 fully saturated rings. The Hall–Kier alpha value is -3.43. The molecule has 2 aromatic rings. The number of hydrogen-bond donors (Lipinski definition) is 1. The first-order chi connectivity index (χ1) is 17.4. The number of nitrogens with zero attached hydrogens (tertiary/aromatic N) is 3. The molecule has 0 aliphatic carbocycles. The number of allylic oxidation sites excluding steroid dienone is 1. The number of rotatable bonds is 9. The minimum absolute atomic E-state index is 0.123. The van der Waals surface area contributed by atoms with E-state index < -0.39 is 12.0 Å². The van der Waals surface area contributed by atoms with Crippen LogP contribution in [0.4, 0.5) is 0 Å². The number of methoxy groups -OCH3 is 1. The molecular weight excluding hydrogens is 476 g/mol. The summed E-state index contributed by atoms with van der Waals surface area (Å²) in [7, 11) is 1.56. The van der Waals surface area contributed by atoms with Crippen molar-refractivity contribution in [2.24, 2.45) is 4.99 Å². The molecule has 3 heterocycles. The van der Waals surface area contributed by atoms with Crippen LogP contribution < -0.4 is 5.32 Å². The topological polar surface area (TPSA) is 93.1 Å². The van der Waals surface area contributed by atoms with Crippen molar-refractivity contribution in [3.05, 3.63) is 87.4 Å². The summed E-state index contributed by atoms with van der Waals surface area (Å²) in [5, 5.41) is 5.63. The van der Waals surface area contributed by atoms with Gasteiger partial charge in [0, 0.05) is 31.7 Å². The van der Waals surface area contributed by atoms with Crippen molar-refractivity contribution < 1.29 is 19.1 Å². The number of aliphatic imine (C=N–C) groups is 1. The highest BCUT2D eigenvalue weighted by Crippen LogP contribution is 2.45. The van der Waals surface area contributed by atoms with Gasteiger partial charge >= 0.3 is 5.97 Å². The van der Waals surface area contributed by atoms with E-state index in [1.165, 1.54) is 11.8 Å². The van der Waals surface area contributed by atoms with E-state index in [1.807, 2.05) is 55.3 Å². The number of amides is 1. The molecule has 2 aliphatic heterocycles. The van der Waals surface area contributed by atoms with Gasteiger partial charge < -0.3 is 19.7 Å². The van der Waals surface area contributed by atoms with Crippen molar-refractivity contribution in [2.45, 2.75) is 39.8 Å². The van der Waals surface area contributed by atoms with Crippen molar-refractivity contribution in [1.29, 1.82) is 0 Å². The molecule has 1 amide bonds. The number of carbonyl (C=O) groups excluding carboxylic acids is 2. The largest absolute Gasteiger partial charge is 0.460 e. The predicted octanol–water partition coefficient (Wildman–Crippen LogP) is 4.17. The van der Waals surface area contributed by atoms with Crippen LogP contribution in [-0.4, -0.2) is 47.3 Å². The quantitative estimate of drug-likeness (QED) is 0.403. The van der Waals surface area contributed by atoms with Crippen molar-refractivity contribution >= 4 is 28.8 Å². The third-order valence-electron chi connectivity index (χ3n) is 6.02. The van der Waals surface area contributed by atoms with Gasteiger partial charge in [-0.2, -0.15) is 0 Å². The van der Waals surface area contributed by atoms with Gasteiger partial charge in [-0.25, -0.2) is 9.79 Å². The van der Waals surface area contributed by atoms with Crippen LogP contribution in [0.1, 0.15) is 41.6 Å². The molecule has 0 bridgehead atoms. The smallest absolute Gasteiger partial charge is 0.338 e. The fourth-order valence-corrected chi connectivity index (χ4v) is 5.25. The van der Waals surface area contributed by atoms with Gasteiger partial charge in [0.05, 0.1) is 30.3 Å². The van der Waals surface area contributed by atoms with Gasteiger partial charge in [-0.1, -0.05) is 41.6 Å². The number of hydrogen-bond acceptors (Lipinski definition) is 8. The molecule has 4 rings (SSSR count). The number of thioether (sulfide) groups is 1. The molecule has 36 heavy (non-hydrogen) atoms. The lowest BCUT2D eigenvalue weighted by molar-refractivity contribution is -0.141. The first-order valence-electron chi connectivity index (χ1n) is 11.7. The van der Waals surface area contributed by atoms with E-state index in [1.54, 1.807) is 19.5 Å². The average Bonchev–Trinajstić information content (AvgIpc) is 3.24. The monoisotopic (exact) mass is 506 g/mol. The maximum absolute atomic E-state index is 13.3. The Labute approximate surface area is 215 Å². The van der Waals surface area contributed by atoms with Crippen LogP contribution in [0.2, 0.25) is 0 Å². The second-order valence-corrected chi connectivity index (χ2v) is 9.53. The Morgan fingerprint density at radius 1 is 1.17 bits per heavy atom. The number of nitrogens with one attached hydrogen (secondary N) is 1. The Morgan fingerprint density at radius 2 is 2.00 bits per heavy atom. The third kappa shape index (κ3) is 5.68. The predicted molar refractivity (Wildman–Crippen MR) is 140 cm³/mol. The van der Waals surface area contributed by atoms with Crippen molar-refractivity contribution in [3.8, 4) is 0 Å². The Bertz CT molecular complexity index is 1240. The normalized spacial score (nSPS) is 16.9. The van der Waals surface area contributed by atoms with Crippen molar-refractivity contribution in [3.63, 3.8) is 0 Å².